The second kappa shape index (κ2) is 5.97. The van der Waals surface area contributed by atoms with Crippen LogP contribution >= 0.6 is 0 Å². The molecule has 0 aliphatic carbocycles. The molecule has 3 aromatic heterocycles. The van der Waals surface area contributed by atoms with Crippen molar-refractivity contribution in [2.24, 2.45) is 0 Å². The highest BCUT2D eigenvalue weighted by Crippen LogP contribution is 2.19. The summed E-state index contributed by atoms with van der Waals surface area (Å²) in [6.07, 6.45) is 6.68. The Kier molecular flexibility index (Phi) is 3.85. The Balaban J connectivity index is 1.91. The van der Waals surface area contributed by atoms with E-state index in [1.54, 1.807) is 47.7 Å². The van der Waals surface area contributed by atoms with Crippen molar-refractivity contribution in [3.05, 3.63) is 55.1 Å². The van der Waals surface area contributed by atoms with Gasteiger partial charge in [-0.25, -0.2) is 9.67 Å². The van der Waals surface area contributed by atoms with Gasteiger partial charge >= 0.3 is 0 Å². The van der Waals surface area contributed by atoms with Gasteiger partial charge in [0.05, 0.1) is 23.8 Å². The van der Waals surface area contributed by atoms with Crippen LogP contribution in [0.5, 0.6) is 0 Å². The molecule has 0 bridgehead atoms. The first kappa shape index (κ1) is 14.9. The monoisotopic (exact) mass is 329 g/mol. The molecule has 0 saturated carbocycles. The summed E-state index contributed by atoms with van der Waals surface area (Å²) >= 11 is 0. The van der Waals surface area contributed by atoms with Crippen LogP contribution in [0.15, 0.2) is 55.1 Å². The maximum absolute atomic E-state index is 11.3. The zero-order valence-corrected chi connectivity index (χ0v) is 12.5. The maximum Gasteiger partial charge on any atom is 0.293 e. The Hall–Kier alpha value is -3.07. The number of hydrogen-bond donors (Lipinski definition) is 1. The van der Waals surface area contributed by atoms with Crippen molar-refractivity contribution in [2.45, 2.75) is 0 Å². The minimum absolute atomic E-state index is 0.0590. The first-order chi connectivity index (χ1) is 11.1. The summed E-state index contributed by atoms with van der Waals surface area (Å²) in [6, 6.07) is 8.45. The van der Waals surface area contributed by atoms with Crippen molar-refractivity contribution in [1.29, 1.82) is 0 Å². The van der Waals surface area contributed by atoms with Crippen LogP contribution in [0, 0.1) is 0 Å². The van der Waals surface area contributed by atoms with E-state index in [2.05, 4.69) is 19.8 Å². The number of nitrogens with one attached hydrogen (secondary N) is 1. The molecule has 8 nitrogen and oxygen atoms in total. The number of carbonyl (C=O) groups is 1. The second-order valence-electron chi connectivity index (χ2n) is 4.54. The van der Waals surface area contributed by atoms with Gasteiger partial charge < -0.3 is 0 Å². The smallest absolute Gasteiger partial charge is 0.283 e. The van der Waals surface area contributed by atoms with Crippen LogP contribution in [0.25, 0.3) is 16.9 Å². The molecule has 0 aliphatic rings. The van der Waals surface area contributed by atoms with Gasteiger partial charge in [-0.15, -0.1) is 0 Å². The Morgan fingerprint density at radius 3 is 2.74 bits per heavy atom. The Morgan fingerprint density at radius 1 is 1.13 bits per heavy atom. The van der Waals surface area contributed by atoms with Crippen LogP contribution in [-0.4, -0.2) is 33.8 Å². The molecule has 116 valence electrons. The Labute approximate surface area is 131 Å². The minimum Gasteiger partial charge on any atom is -0.283 e. The van der Waals surface area contributed by atoms with E-state index in [0.717, 1.165) is 5.69 Å². The number of rotatable bonds is 5. The predicted molar refractivity (Wildman–Crippen MR) is 83.9 cm³/mol. The normalized spacial score (nSPS) is 11.1. The van der Waals surface area contributed by atoms with Crippen molar-refractivity contribution in [3.63, 3.8) is 0 Å². The van der Waals surface area contributed by atoms with E-state index in [1.165, 1.54) is 6.07 Å². The Bertz CT molecular complexity index is 938. The van der Waals surface area contributed by atoms with Crippen molar-refractivity contribution in [2.75, 3.05) is 4.72 Å². The molecular weight excluding hydrogens is 318 g/mol. The summed E-state index contributed by atoms with van der Waals surface area (Å²) in [6.45, 7) is 0. The average molecular weight is 329 g/mol. The number of pyridine rings is 2. The lowest BCUT2D eigenvalue weighted by Gasteiger charge is -2.03. The molecule has 9 heteroatoms. The molecule has 0 spiro atoms. The van der Waals surface area contributed by atoms with Gasteiger partial charge in [0.15, 0.2) is 0 Å². The molecule has 0 aliphatic heterocycles. The van der Waals surface area contributed by atoms with Crippen LogP contribution in [0.4, 0.5) is 5.82 Å². The molecule has 0 unspecified atom stereocenters. The van der Waals surface area contributed by atoms with E-state index < -0.39 is 10.0 Å². The first-order valence-electron chi connectivity index (χ1n) is 6.48. The molecule has 0 fully saturated rings. The SMILES string of the molecule is O=CS(=O)(=O)Nc1cccc(-c2cnn(-c3cccnc3)c2)n1. The van der Waals surface area contributed by atoms with Crippen LogP contribution < -0.4 is 4.72 Å². The highest BCUT2D eigenvalue weighted by atomic mass is 32.2. The van der Waals surface area contributed by atoms with E-state index in [1.807, 2.05) is 6.07 Å². The summed E-state index contributed by atoms with van der Waals surface area (Å²) < 4.78 is 26.2. The number of anilines is 1. The third kappa shape index (κ3) is 3.40. The summed E-state index contributed by atoms with van der Waals surface area (Å²) in [5, 5.41) is 4.23. The highest BCUT2D eigenvalue weighted by molar-refractivity contribution is 8.05. The molecule has 23 heavy (non-hydrogen) atoms. The van der Waals surface area contributed by atoms with E-state index >= 15 is 0 Å². The average Bonchev–Trinajstić information content (AvgIpc) is 3.06. The number of carbonyl (C=O) groups excluding carboxylic acids is 1. The fourth-order valence-electron chi connectivity index (χ4n) is 1.91. The van der Waals surface area contributed by atoms with Gasteiger partial charge in [0.1, 0.15) is 5.82 Å². The fraction of sp³-hybridized carbons (Fsp3) is 0. The first-order valence-corrected chi connectivity index (χ1v) is 8.02. The molecule has 3 heterocycles. The molecule has 0 radical (unpaired) electrons. The van der Waals surface area contributed by atoms with E-state index in [-0.39, 0.29) is 11.4 Å². The zero-order valence-electron chi connectivity index (χ0n) is 11.7. The fourth-order valence-corrected chi connectivity index (χ4v) is 2.36. The van der Waals surface area contributed by atoms with E-state index in [4.69, 9.17) is 0 Å². The lowest BCUT2D eigenvalue weighted by Crippen LogP contribution is -2.14. The van der Waals surface area contributed by atoms with Gasteiger partial charge in [-0.1, -0.05) is 6.07 Å². The van der Waals surface area contributed by atoms with Crippen molar-refractivity contribution in [1.82, 2.24) is 19.7 Å². The third-order valence-corrected chi connectivity index (χ3v) is 3.66. The molecule has 3 aromatic rings. The van der Waals surface area contributed by atoms with Gasteiger partial charge in [0.25, 0.3) is 15.6 Å². The van der Waals surface area contributed by atoms with Gasteiger partial charge in [0.2, 0.25) is 0 Å². The van der Waals surface area contributed by atoms with Gasteiger partial charge in [-0.05, 0) is 24.3 Å². The van der Waals surface area contributed by atoms with Crippen LogP contribution in [0.3, 0.4) is 0 Å². The Morgan fingerprint density at radius 2 is 2.00 bits per heavy atom. The van der Waals surface area contributed by atoms with Crippen molar-refractivity contribution >= 4 is 21.5 Å². The topological polar surface area (TPSA) is 107 Å². The van der Waals surface area contributed by atoms with Crippen LogP contribution in [0.2, 0.25) is 0 Å². The standard InChI is InChI=1S/C14H11N5O3S/c20-10-23(21,22)18-14-5-1-4-13(17-14)11-7-16-19(9-11)12-3-2-6-15-8-12/h1-10H,(H,17,18). The van der Waals surface area contributed by atoms with Crippen LogP contribution in [0.1, 0.15) is 0 Å². The minimum atomic E-state index is -4.03. The number of nitrogens with zero attached hydrogens (tertiary/aromatic N) is 4. The van der Waals surface area contributed by atoms with Crippen LogP contribution in [-0.2, 0) is 14.8 Å². The summed E-state index contributed by atoms with van der Waals surface area (Å²) in [5.41, 5.74) is 1.84. The van der Waals surface area contributed by atoms with E-state index in [9.17, 15) is 13.2 Å². The summed E-state index contributed by atoms with van der Waals surface area (Å²) in [4.78, 5) is 18.6. The summed E-state index contributed by atoms with van der Waals surface area (Å²) in [7, 11) is -4.03. The summed E-state index contributed by atoms with van der Waals surface area (Å²) in [5.74, 6) is 0.0590. The molecule has 3 rings (SSSR count). The maximum atomic E-state index is 11.3. The lowest BCUT2D eigenvalue weighted by molar-refractivity contribution is 0.557. The lowest BCUT2D eigenvalue weighted by atomic mass is 10.2. The quantitative estimate of drug-likeness (QED) is 0.706. The highest BCUT2D eigenvalue weighted by Gasteiger charge is 2.10. The van der Waals surface area contributed by atoms with Crippen molar-refractivity contribution in [3.8, 4) is 16.9 Å². The number of hydrogen-bond acceptors (Lipinski definition) is 6. The van der Waals surface area contributed by atoms with Gasteiger partial charge in [-0.3, -0.25) is 14.5 Å². The molecule has 0 aromatic carbocycles. The molecular formula is C14H11N5O3S. The van der Waals surface area contributed by atoms with Gasteiger partial charge in [0, 0.05) is 18.0 Å². The molecule has 0 saturated heterocycles. The third-order valence-electron chi connectivity index (χ3n) is 2.91. The second-order valence-corrected chi connectivity index (χ2v) is 6.02. The molecule has 1 N–H and O–H groups in total. The largest absolute Gasteiger partial charge is 0.293 e. The van der Waals surface area contributed by atoms with E-state index in [0.29, 0.717) is 11.3 Å². The van der Waals surface area contributed by atoms with Gasteiger partial charge in [-0.2, -0.15) is 13.5 Å². The zero-order chi connectivity index (χ0) is 16.3. The number of sulfonamides is 1. The van der Waals surface area contributed by atoms with Crippen molar-refractivity contribution < 1.29 is 13.2 Å². The predicted octanol–water partition coefficient (Wildman–Crippen LogP) is 1.26. The molecule has 0 amide bonds. The number of aromatic nitrogens is 4. The molecule has 0 atom stereocenters.